The summed E-state index contributed by atoms with van der Waals surface area (Å²) in [6.07, 6.45) is -0.430. The van der Waals surface area contributed by atoms with Crippen molar-refractivity contribution in [2.75, 3.05) is 28.4 Å². The first kappa shape index (κ1) is 24.8. The maximum absolute atomic E-state index is 13.9. The second-order valence-electron chi connectivity index (χ2n) is 8.65. The van der Waals surface area contributed by atoms with Gasteiger partial charge >= 0.3 is 11.9 Å². The summed E-state index contributed by atoms with van der Waals surface area (Å²) in [6.45, 7) is 0. The van der Waals surface area contributed by atoms with Crippen molar-refractivity contribution in [2.45, 2.75) is 6.42 Å². The molecule has 0 aromatic heterocycles. The number of carbonyl (C=O) groups excluding carboxylic acids is 4. The third-order valence-corrected chi connectivity index (χ3v) is 6.74. The maximum atomic E-state index is 13.9. The molecule has 4 aromatic carbocycles. The van der Waals surface area contributed by atoms with Crippen molar-refractivity contribution < 1.29 is 43.2 Å². The SMILES string of the molecule is COC(=O)Cc1cc2c(c(O)c1C(=O)OC)C(=O)c1c(cc3cc4ccccc4c(OC)c3c1OC)C2=O. The summed E-state index contributed by atoms with van der Waals surface area (Å²) in [7, 11) is 5.13. The number of rotatable bonds is 5. The first-order valence-corrected chi connectivity index (χ1v) is 11.5. The molecule has 9 nitrogen and oxygen atoms in total. The van der Waals surface area contributed by atoms with Crippen LogP contribution < -0.4 is 9.47 Å². The van der Waals surface area contributed by atoms with Gasteiger partial charge in [-0.15, -0.1) is 0 Å². The van der Waals surface area contributed by atoms with Crippen LogP contribution in [0.1, 0.15) is 47.8 Å². The summed E-state index contributed by atoms with van der Waals surface area (Å²) in [5.74, 6) is -3.20. The number of esters is 2. The van der Waals surface area contributed by atoms with Crippen LogP contribution >= 0.6 is 0 Å². The lowest BCUT2D eigenvalue weighted by Gasteiger charge is -2.24. The molecule has 0 saturated carbocycles. The fourth-order valence-corrected chi connectivity index (χ4v) is 5.08. The van der Waals surface area contributed by atoms with Crippen LogP contribution in [0.5, 0.6) is 17.2 Å². The van der Waals surface area contributed by atoms with Crippen molar-refractivity contribution in [3.8, 4) is 17.2 Å². The smallest absolute Gasteiger partial charge is 0.341 e. The average Bonchev–Trinajstić information content (AvgIpc) is 2.92. The highest BCUT2D eigenvalue weighted by Crippen LogP contribution is 2.47. The molecule has 0 amide bonds. The van der Waals surface area contributed by atoms with Crippen molar-refractivity contribution in [3.05, 3.63) is 75.8 Å². The lowest BCUT2D eigenvalue weighted by atomic mass is 9.79. The summed E-state index contributed by atoms with van der Waals surface area (Å²) in [4.78, 5) is 52.4. The Bertz CT molecular complexity index is 1720. The highest BCUT2D eigenvalue weighted by molar-refractivity contribution is 6.33. The Labute approximate surface area is 216 Å². The zero-order chi connectivity index (χ0) is 27.3. The van der Waals surface area contributed by atoms with E-state index in [1.807, 2.05) is 30.3 Å². The highest BCUT2D eigenvalue weighted by Gasteiger charge is 2.39. The Morgan fingerprint density at radius 2 is 1.47 bits per heavy atom. The Hall–Kier alpha value is -4.92. The number of aromatic hydroxyl groups is 1. The molecular formula is C29H22O9. The van der Waals surface area contributed by atoms with E-state index in [1.54, 1.807) is 6.07 Å². The van der Waals surface area contributed by atoms with Gasteiger partial charge in [0.2, 0.25) is 5.78 Å². The Morgan fingerprint density at radius 1 is 0.789 bits per heavy atom. The van der Waals surface area contributed by atoms with Gasteiger partial charge in [-0.2, -0.15) is 0 Å². The molecule has 1 aliphatic carbocycles. The second kappa shape index (κ2) is 9.19. The number of carbonyl (C=O) groups is 4. The van der Waals surface area contributed by atoms with Gasteiger partial charge in [0.15, 0.2) is 5.78 Å². The molecule has 0 unspecified atom stereocenters. The zero-order valence-electron chi connectivity index (χ0n) is 21.0. The highest BCUT2D eigenvalue weighted by atomic mass is 16.5. The molecule has 0 aliphatic heterocycles. The van der Waals surface area contributed by atoms with Gasteiger partial charge in [-0.05, 0) is 34.5 Å². The third-order valence-electron chi connectivity index (χ3n) is 6.74. The molecule has 0 atom stereocenters. The molecule has 0 fully saturated rings. The first-order valence-electron chi connectivity index (χ1n) is 11.5. The number of phenols is 1. The van der Waals surface area contributed by atoms with Crippen molar-refractivity contribution in [1.82, 2.24) is 0 Å². The summed E-state index contributed by atoms with van der Waals surface area (Å²) < 4.78 is 20.9. The molecule has 1 N–H and O–H groups in total. The fraction of sp³-hybridized carbons (Fsp3) is 0.172. The van der Waals surface area contributed by atoms with E-state index in [-0.39, 0.29) is 33.6 Å². The summed E-state index contributed by atoms with van der Waals surface area (Å²) in [5.41, 5.74) is -0.958. The van der Waals surface area contributed by atoms with E-state index < -0.39 is 41.2 Å². The molecule has 1 aliphatic rings. The van der Waals surface area contributed by atoms with Gasteiger partial charge in [0.25, 0.3) is 0 Å². The lowest BCUT2D eigenvalue weighted by molar-refractivity contribution is -0.139. The fourth-order valence-electron chi connectivity index (χ4n) is 5.08. The monoisotopic (exact) mass is 514 g/mol. The molecule has 192 valence electrons. The quantitative estimate of drug-likeness (QED) is 0.274. The van der Waals surface area contributed by atoms with Gasteiger partial charge < -0.3 is 24.1 Å². The minimum absolute atomic E-state index is 0.00929. The second-order valence-corrected chi connectivity index (χ2v) is 8.65. The standard InChI is InChI=1S/C29H22O9/c1-35-19(30)12-15-11-17-22(25(32)20(15)29(34)38-4)26(33)23-18(24(17)31)10-14-9-13-7-5-6-8-16(13)27(36-2)21(14)28(23)37-3/h5-11,32H,12H2,1-4H3. The predicted octanol–water partition coefficient (Wildman–Crippen LogP) is 3.99. The number of phenolic OH excluding ortho intramolecular Hbond substituents is 1. The first-order chi connectivity index (χ1) is 18.3. The molecule has 0 radical (unpaired) electrons. The molecule has 5 rings (SSSR count). The number of methoxy groups -OCH3 is 4. The van der Waals surface area contributed by atoms with Crippen LogP contribution in [0.4, 0.5) is 0 Å². The molecular weight excluding hydrogens is 492 g/mol. The summed E-state index contributed by atoms with van der Waals surface area (Å²) >= 11 is 0. The molecule has 0 saturated heterocycles. The van der Waals surface area contributed by atoms with Crippen LogP contribution in [0.25, 0.3) is 21.5 Å². The van der Waals surface area contributed by atoms with Crippen LogP contribution in [0.15, 0.2) is 42.5 Å². The Balaban J connectivity index is 1.87. The number of hydrogen-bond acceptors (Lipinski definition) is 9. The van der Waals surface area contributed by atoms with Crippen LogP contribution in [-0.2, 0) is 20.7 Å². The van der Waals surface area contributed by atoms with Gasteiger partial charge in [-0.25, -0.2) is 4.79 Å². The van der Waals surface area contributed by atoms with E-state index in [0.29, 0.717) is 16.5 Å². The number of hydrogen-bond donors (Lipinski definition) is 1. The maximum Gasteiger partial charge on any atom is 0.341 e. The van der Waals surface area contributed by atoms with Crippen molar-refractivity contribution >= 4 is 45.0 Å². The van der Waals surface area contributed by atoms with E-state index in [0.717, 1.165) is 17.9 Å². The van der Waals surface area contributed by atoms with Gasteiger partial charge in [0.05, 0.1) is 51.4 Å². The number of benzene rings is 4. The van der Waals surface area contributed by atoms with Gasteiger partial charge in [0, 0.05) is 16.5 Å². The molecule has 0 spiro atoms. The topological polar surface area (TPSA) is 125 Å². The largest absolute Gasteiger partial charge is 0.506 e. The average molecular weight is 514 g/mol. The van der Waals surface area contributed by atoms with Gasteiger partial charge in [-0.1, -0.05) is 24.3 Å². The van der Waals surface area contributed by atoms with E-state index in [2.05, 4.69) is 0 Å². The number of ketones is 2. The molecule has 0 heterocycles. The van der Waals surface area contributed by atoms with E-state index in [1.165, 1.54) is 27.4 Å². The van der Waals surface area contributed by atoms with Gasteiger partial charge in [0.1, 0.15) is 22.8 Å². The summed E-state index contributed by atoms with van der Waals surface area (Å²) in [5, 5.41) is 13.9. The predicted molar refractivity (Wildman–Crippen MR) is 137 cm³/mol. The number of ether oxygens (including phenoxy) is 4. The zero-order valence-corrected chi connectivity index (χ0v) is 21.0. The van der Waals surface area contributed by atoms with Crippen molar-refractivity contribution in [3.63, 3.8) is 0 Å². The molecule has 38 heavy (non-hydrogen) atoms. The minimum atomic E-state index is -0.978. The van der Waals surface area contributed by atoms with Crippen LogP contribution in [0.2, 0.25) is 0 Å². The molecule has 9 heteroatoms. The van der Waals surface area contributed by atoms with E-state index in [4.69, 9.17) is 18.9 Å². The van der Waals surface area contributed by atoms with Crippen molar-refractivity contribution in [2.24, 2.45) is 0 Å². The van der Waals surface area contributed by atoms with Crippen LogP contribution in [-0.4, -0.2) is 57.1 Å². The minimum Gasteiger partial charge on any atom is -0.506 e. The van der Waals surface area contributed by atoms with Gasteiger partial charge in [-0.3, -0.25) is 14.4 Å². The van der Waals surface area contributed by atoms with Crippen LogP contribution in [0, 0.1) is 0 Å². The molecule has 4 aromatic rings. The Kier molecular flexibility index (Phi) is 5.99. The number of fused-ring (bicyclic) bond motifs is 4. The van der Waals surface area contributed by atoms with Crippen molar-refractivity contribution in [1.29, 1.82) is 0 Å². The summed E-state index contributed by atoms with van der Waals surface area (Å²) in [6, 6.07) is 12.2. The van der Waals surface area contributed by atoms with E-state index >= 15 is 0 Å². The van der Waals surface area contributed by atoms with Crippen LogP contribution in [0.3, 0.4) is 0 Å². The normalized spacial score (nSPS) is 12.2. The third kappa shape index (κ3) is 3.47. The lowest BCUT2D eigenvalue weighted by Crippen LogP contribution is -2.24. The van der Waals surface area contributed by atoms with E-state index in [9.17, 15) is 24.3 Å². The Morgan fingerprint density at radius 3 is 2.13 bits per heavy atom. The molecule has 0 bridgehead atoms.